The van der Waals surface area contributed by atoms with Crippen LogP contribution in [0, 0.1) is 6.92 Å². The lowest BCUT2D eigenvalue weighted by molar-refractivity contribution is -0.141. The van der Waals surface area contributed by atoms with Crippen LogP contribution in [-0.2, 0) is 33.1 Å². The zero-order valence-corrected chi connectivity index (χ0v) is 32.9. The van der Waals surface area contributed by atoms with Gasteiger partial charge in [-0.3, -0.25) is 13.9 Å². The normalized spacial score (nSPS) is 15.0. The van der Waals surface area contributed by atoms with E-state index in [9.17, 15) is 27.6 Å². The van der Waals surface area contributed by atoms with E-state index in [-0.39, 0.29) is 35.4 Å². The number of aliphatic hydroxyl groups is 1. The fourth-order valence-corrected chi connectivity index (χ4v) is 7.59. The molecule has 1 fully saturated rings. The fraction of sp³-hybridized carbons (Fsp3) is 0.375. The van der Waals surface area contributed by atoms with Crippen molar-refractivity contribution in [2.24, 2.45) is 14.1 Å². The van der Waals surface area contributed by atoms with E-state index in [0.717, 1.165) is 46.9 Å². The Morgan fingerprint density at radius 2 is 1.74 bits per heavy atom. The van der Waals surface area contributed by atoms with Crippen molar-refractivity contribution in [2.75, 3.05) is 45.7 Å². The first-order valence-electron chi connectivity index (χ1n) is 18.4. The second-order valence-corrected chi connectivity index (χ2v) is 14.3. The summed E-state index contributed by atoms with van der Waals surface area (Å²) < 4.78 is 49.0. The number of carbonyl (C=O) groups is 1. The number of nitrogens with one attached hydrogen (secondary N) is 3. The predicted molar refractivity (Wildman–Crippen MR) is 213 cm³/mol. The highest BCUT2D eigenvalue weighted by molar-refractivity contribution is 6.36. The van der Waals surface area contributed by atoms with E-state index >= 15 is 0 Å². The van der Waals surface area contributed by atoms with Gasteiger partial charge in [0, 0.05) is 55.6 Å². The van der Waals surface area contributed by atoms with E-state index in [1.54, 1.807) is 31.1 Å². The Kier molecular flexibility index (Phi) is 12.3. The number of benzene rings is 2. The van der Waals surface area contributed by atoms with Crippen molar-refractivity contribution in [3.8, 4) is 28.3 Å². The number of rotatable bonds is 10. The molecule has 3 aromatic heterocycles. The zero-order chi connectivity index (χ0) is 41.2. The number of pyridine rings is 2. The number of methoxy groups -OCH3 is 1. The Labute approximate surface area is 331 Å². The number of anilines is 2. The number of aliphatic hydroxyl groups excluding tert-OH is 1. The molecule has 7 rings (SSSR count). The van der Waals surface area contributed by atoms with Crippen molar-refractivity contribution in [1.82, 2.24) is 34.6 Å². The van der Waals surface area contributed by atoms with Crippen LogP contribution in [-0.4, -0.2) is 81.6 Å². The molecule has 2 aliphatic rings. The number of fused-ring (bicyclic) bond motifs is 2. The summed E-state index contributed by atoms with van der Waals surface area (Å²) in [6.07, 6.45) is -1.01. The third-order valence-electron chi connectivity index (χ3n) is 10.3. The molecule has 0 radical (unpaired) electrons. The fourth-order valence-electron chi connectivity index (χ4n) is 7.26. The summed E-state index contributed by atoms with van der Waals surface area (Å²) in [4.78, 5) is 47.0. The molecule has 1 aliphatic carbocycles. The van der Waals surface area contributed by atoms with Gasteiger partial charge in [0.25, 0.3) is 5.56 Å². The highest BCUT2D eigenvalue weighted by atomic mass is 35.5. The molecule has 13 nitrogen and oxygen atoms in total. The maximum Gasteiger partial charge on any atom is 0.433 e. The maximum atomic E-state index is 13.9. The van der Waals surface area contributed by atoms with Crippen LogP contribution in [0.15, 0.2) is 58.1 Å². The average molecular weight is 809 g/mol. The van der Waals surface area contributed by atoms with Crippen molar-refractivity contribution in [3.05, 3.63) is 96.8 Å². The van der Waals surface area contributed by atoms with Gasteiger partial charge in [-0.2, -0.15) is 13.2 Å². The molecule has 2 aromatic carbocycles. The van der Waals surface area contributed by atoms with Gasteiger partial charge in [-0.1, -0.05) is 41.9 Å². The molecule has 4 N–H and O–H groups in total. The summed E-state index contributed by atoms with van der Waals surface area (Å²) in [5.74, 6) is 0.267. The van der Waals surface area contributed by atoms with Gasteiger partial charge in [0.2, 0.25) is 5.88 Å². The van der Waals surface area contributed by atoms with Crippen LogP contribution in [0.25, 0.3) is 33.3 Å². The van der Waals surface area contributed by atoms with Crippen LogP contribution in [0.5, 0.6) is 5.88 Å². The first-order valence-corrected chi connectivity index (χ1v) is 18.8. The summed E-state index contributed by atoms with van der Waals surface area (Å²) >= 11 is 7.01. The van der Waals surface area contributed by atoms with E-state index in [1.807, 2.05) is 37.4 Å². The van der Waals surface area contributed by atoms with Gasteiger partial charge < -0.3 is 30.7 Å². The van der Waals surface area contributed by atoms with Crippen LogP contribution in [0.2, 0.25) is 5.02 Å². The van der Waals surface area contributed by atoms with Crippen molar-refractivity contribution < 1.29 is 27.8 Å². The number of β-amino-alcohol motifs (C(OH)–C–C–N with tert-alkyl or cyclic N) is 1. The molecule has 2 amide bonds. The minimum absolute atomic E-state index is 0.0339. The maximum absolute atomic E-state index is 13.9. The minimum atomic E-state index is -4.82. The molecule has 1 atom stereocenters. The summed E-state index contributed by atoms with van der Waals surface area (Å²) in [6, 6.07) is 13.8. The van der Waals surface area contributed by atoms with Crippen molar-refractivity contribution >= 4 is 40.0 Å². The van der Waals surface area contributed by atoms with E-state index in [0.29, 0.717) is 63.7 Å². The lowest BCUT2D eigenvalue weighted by Gasteiger charge is -2.18. The van der Waals surface area contributed by atoms with Gasteiger partial charge in [0.1, 0.15) is 16.9 Å². The Bertz CT molecular complexity index is 2450. The first kappa shape index (κ1) is 41.2. The van der Waals surface area contributed by atoms with Gasteiger partial charge in [0.05, 0.1) is 29.9 Å². The monoisotopic (exact) mass is 808 g/mol. The molecule has 5 aromatic rings. The van der Waals surface area contributed by atoms with Crippen LogP contribution in [0.3, 0.4) is 0 Å². The molecule has 0 spiro atoms. The second kappa shape index (κ2) is 17.0. The average Bonchev–Trinajstić information content (AvgIpc) is 3.81. The quantitative estimate of drug-likeness (QED) is 0.142. The Balaban J connectivity index is 0.000000360. The SMILES string of the molecule is CNCCC1CN(CCO)C(=O)N1.COc1nc(-c2cccc(-c3cccc(Nc4nc(C(F)(F)F)cc5c4c(=O)n(C)c(=O)n5C)c3C)c2Cl)cc2c1CCC2. The van der Waals surface area contributed by atoms with E-state index in [2.05, 4.69) is 20.9 Å². The summed E-state index contributed by atoms with van der Waals surface area (Å²) in [6.45, 7) is 3.87. The Hall–Kier alpha value is -5.45. The summed E-state index contributed by atoms with van der Waals surface area (Å²) in [5.41, 5.74) is 3.20. The van der Waals surface area contributed by atoms with Crippen molar-refractivity contribution in [3.63, 3.8) is 0 Å². The lowest BCUT2D eigenvalue weighted by atomic mass is 9.96. The molecular formula is C40H44ClF3N8O5. The highest BCUT2D eigenvalue weighted by Crippen LogP contribution is 2.41. The smallest absolute Gasteiger partial charge is 0.433 e. The molecule has 17 heteroatoms. The predicted octanol–water partition coefficient (Wildman–Crippen LogP) is 5.56. The van der Waals surface area contributed by atoms with Crippen molar-refractivity contribution in [2.45, 2.75) is 44.8 Å². The Morgan fingerprint density at radius 1 is 1.02 bits per heavy atom. The molecule has 4 heterocycles. The minimum Gasteiger partial charge on any atom is -0.481 e. The van der Waals surface area contributed by atoms with Gasteiger partial charge in [-0.15, -0.1) is 0 Å². The number of alkyl halides is 3. The number of ether oxygens (including phenoxy) is 1. The van der Waals surface area contributed by atoms with Gasteiger partial charge >= 0.3 is 17.9 Å². The largest absolute Gasteiger partial charge is 0.481 e. The number of nitrogens with zero attached hydrogens (tertiary/aromatic N) is 5. The van der Waals surface area contributed by atoms with Gasteiger partial charge in [0.15, 0.2) is 0 Å². The standard InChI is InChI=1S/C32H27ClF3N5O3.C8H17N3O2/c1-16-18(20-11-6-12-21(27(20)33)23-14-17-8-5-10-19(17)29(38-23)44-4)9-7-13-22(16)37-28-26-24(15-25(39-28)32(34,35)36)40(2)31(43)41(3)30(26)42;1-9-3-2-7-6-11(4-5-12)8(13)10-7/h6-7,9,11-15H,5,8,10H2,1-4H3,(H,37,39);7,9,12H,2-6H2,1H3,(H,10,13). The summed E-state index contributed by atoms with van der Waals surface area (Å²) in [7, 11) is 6.06. The third-order valence-corrected chi connectivity index (χ3v) is 10.7. The number of hydrogen-bond donors (Lipinski definition) is 4. The van der Waals surface area contributed by atoms with Gasteiger partial charge in [-0.25, -0.2) is 19.6 Å². The van der Waals surface area contributed by atoms with Crippen LogP contribution < -0.4 is 31.9 Å². The molecule has 1 saturated heterocycles. The highest BCUT2D eigenvalue weighted by Gasteiger charge is 2.35. The topological polar surface area (TPSA) is 156 Å². The first-order chi connectivity index (χ1) is 27.2. The molecule has 0 bridgehead atoms. The molecule has 57 heavy (non-hydrogen) atoms. The molecule has 0 saturated carbocycles. The van der Waals surface area contributed by atoms with Crippen LogP contribution in [0.4, 0.5) is 29.5 Å². The number of aryl methyl sites for hydroxylation is 2. The number of urea groups is 1. The molecule has 1 unspecified atom stereocenters. The third kappa shape index (κ3) is 8.34. The zero-order valence-electron chi connectivity index (χ0n) is 32.2. The molecule has 302 valence electrons. The van der Waals surface area contributed by atoms with E-state index in [4.69, 9.17) is 26.4 Å². The number of carbonyl (C=O) groups excluding carboxylic acids is 1. The number of amides is 2. The number of hydrogen-bond acceptors (Lipinski definition) is 9. The van der Waals surface area contributed by atoms with Crippen LogP contribution >= 0.6 is 11.6 Å². The van der Waals surface area contributed by atoms with Crippen molar-refractivity contribution in [1.29, 1.82) is 0 Å². The lowest BCUT2D eigenvalue weighted by Crippen LogP contribution is -2.37. The summed E-state index contributed by atoms with van der Waals surface area (Å²) in [5, 5.41) is 17.8. The molecular weight excluding hydrogens is 765 g/mol. The molecule has 1 aliphatic heterocycles. The van der Waals surface area contributed by atoms with Gasteiger partial charge in [-0.05, 0) is 81.1 Å². The Morgan fingerprint density at radius 3 is 2.44 bits per heavy atom. The van der Waals surface area contributed by atoms with Crippen LogP contribution in [0.1, 0.15) is 35.2 Å². The van der Waals surface area contributed by atoms with E-state index in [1.165, 1.54) is 19.7 Å². The number of aromatic nitrogens is 4. The van der Waals surface area contributed by atoms with E-state index < -0.39 is 23.1 Å². The second-order valence-electron chi connectivity index (χ2n) is 13.9. The number of halogens is 4.